The van der Waals surface area contributed by atoms with E-state index in [-0.39, 0.29) is 0 Å². The van der Waals surface area contributed by atoms with Gasteiger partial charge in [-0.2, -0.15) is 5.01 Å². The number of ether oxygens (including phenoxy) is 3. The number of hydrogen-bond acceptors (Lipinski definition) is 13. The Morgan fingerprint density at radius 3 is 2.14 bits per heavy atom. The lowest BCUT2D eigenvalue weighted by Gasteiger charge is -2.46. The molecule has 2 heterocycles. The van der Waals surface area contributed by atoms with Gasteiger partial charge < -0.3 is 55.3 Å². The second-order valence-electron chi connectivity index (χ2n) is 6.61. The largest absolute Gasteiger partial charge is 0.394 e. The number of nitroso groups, excluding NO2 is 1. The van der Waals surface area contributed by atoms with Gasteiger partial charge in [0.1, 0.15) is 48.8 Å². The molecule has 0 aromatic carbocycles. The quantitative estimate of drug-likeness (QED) is 0.147. The normalized spacial score (nSPS) is 42.9. The van der Waals surface area contributed by atoms with Crippen molar-refractivity contribution in [3.8, 4) is 0 Å². The van der Waals surface area contributed by atoms with Crippen molar-refractivity contribution in [2.75, 3.05) is 20.3 Å². The molecule has 2 fully saturated rings. The van der Waals surface area contributed by atoms with Gasteiger partial charge in [0.25, 0.3) is 0 Å². The molecule has 10 atom stereocenters. The van der Waals surface area contributed by atoms with Crippen molar-refractivity contribution in [3.63, 3.8) is 0 Å². The van der Waals surface area contributed by atoms with Crippen LogP contribution in [0.5, 0.6) is 0 Å². The van der Waals surface area contributed by atoms with E-state index in [1.807, 2.05) is 0 Å². The van der Waals surface area contributed by atoms with E-state index in [0.717, 1.165) is 7.05 Å². The van der Waals surface area contributed by atoms with Gasteiger partial charge in [0, 0.05) is 7.05 Å². The molecule has 0 radical (unpaired) electrons. The molecule has 15 heteroatoms. The lowest BCUT2D eigenvalue weighted by atomic mass is 9.96. The number of aliphatic hydroxyl groups is 7. The van der Waals surface area contributed by atoms with Crippen molar-refractivity contribution in [2.45, 2.75) is 61.3 Å². The van der Waals surface area contributed by atoms with E-state index in [4.69, 9.17) is 14.2 Å². The van der Waals surface area contributed by atoms with Gasteiger partial charge in [-0.05, 0) is 0 Å². The molecule has 0 aromatic rings. The van der Waals surface area contributed by atoms with Crippen LogP contribution >= 0.6 is 0 Å². The summed E-state index contributed by atoms with van der Waals surface area (Å²) in [5.41, 5.74) is 0. The van der Waals surface area contributed by atoms with Crippen molar-refractivity contribution >= 4 is 6.03 Å². The van der Waals surface area contributed by atoms with Crippen LogP contribution < -0.4 is 5.32 Å². The summed E-state index contributed by atoms with van der Waals surface area (Å²) in [4.78, 5) is 22.1. The Morgan fingerprint density at radius 2 is 1.59 bits per heavy atom. The van der Waals surface area contributed by atoms with Crippen LogP contribution in [-0.4, -0.2) is 128 Å². The van der Waals surface area contributed by atoms with Crippen LogP contribution in [0, 0.1) is 4.91 Å². The maximum absolute atomic E-state index is 11.7. The average molecular weight is 427 g/mol. The van der Waals surface area contributed by atoms with Gasteiger partial charge in [-0.25, -0.2) is 4.79 Å². The lowest BCUT2D eigenvalue weighted by molar-refractivity contribution is -0.342. The third-order valence-electron chi connectivity index (χ3n) is 4.69. The van der Waals surface area contributed by atoms with Crippen LogP contribution in [0.15, 0.2) is 5.29 Å². The summed E-state index contributed by atoms with van der Waals surface area (Å²) in [6.45, 7) is -1.48. The van der Waals surface area contributed by atoms with Crippen molar-refractivity contribution in [3.05, 3.63) is 4.91 Å². The summed E-state index contributed by atoms with van der Waals surface area (Å²) in [6, 6.07) is -1.05. The topological polar surface area (TPSA) is 231 Å². The Kier molecular flexibility index (Phi) is 8.18. The van der Waals surface area contributed by atoms with Crippen LogP contribution in [0.1, 0.15) is 0 Å². The fraction of sp³-hybridized carbons (Fsp3) is 0.929. The van der Waals surface area contributed by atoms with Crippen molar-refractivity contribution < 1.29 is 54.8 Å². The monoisotopic (exact) mass is 427 g/mol. The van der Waals surface area contributed by atoms with Crippen LogP contribution in [0.4, 0.5) is 4.79 Å². The van der Waals surface area contributed by atoms with Crippen molar-refractivity contribution in [1.82, 2.24) is 10.3 Å². The molecule has 0 spiro atoms. The number of hydrogen-bond donors (Lipinski definition) is 8. The molecule has 2 aliphatic heterocycles. The van der Waals surface area contributed by atoms with E-state index in [1.165, 1.54) is 0 Å². The van der Waals surface area contributed by atoms with Gasteiger partial charge in [-0.3, -0.25) is 0 Å². The first kappa shape index (κ1) is 23.7. The second-order valence-corrected chi connectivity index (χ2v) is 6.61. The molecule has 2 saturated heterocycles. The molecule has 0 bridgehead atoms. The number of urea groups is 1. The molecule has 0 aromatic heterocycles. The molecule has 0 aliphatic carbocycles. The van der Waals surface area contributed by atoms with Crippen LogP contribution in [0.3, 0.4) is 0 Å². The number of aliphatic hydroxyl groups excluding tert-OH is 7. The van der Waals surface area contributed by atoms with Crippen molar-refractivity contribution in [2.24, 2.45) is 5.29 Å². The molecule has 168 valence electrons. The summed E-state index contributed by atoms with van der Waals surface area (Å²) in [5, 5.41) is 73.7. The van der Waals surface area contributed by atoms with Crippen molar-refractivity contribution in [1.29, 1.82) is 0 Å². The second kappa shape index (κ2) is 9.98. The van der Waals surface area contributed by atoms with Crippen LogP contribution in [-0.2, 0) is 14.2 Å². The number of nitrogens with one attached hydrogen (secondary N) is 1. The van der Waals surface area contributed by atoms with Gasteiger partial charge in [0.05, 0.1) is 18.5 Å². The maximum atomic E-state index is 11.7. The number of amides is 2. The van der Waals surface area contributed by atoms with E-state index in [2.05, 4.69) is 10.6 Å². The predicted molar refractivity (Wildman–Crippen MR) is 88.5 cm³/mol. The van der Waals surface area contributed by atoms with E-state index in [9.17, 15) is 45.4 Å². The number of carbonyl (C=O) groups is 1. The molecule has 0 saturated carbocycles. The Bertz CT molecular complexity index is 566. The first-order valence-electron chi connectivity index (χ1n) is 8.62. The van der Waals surface area contributed by atoms with E-state index in [1.54, 1.807) is 0 Å². The van der Waals surface area contributed by atoms with E-state index < -0.39 is 80.6 Å². The van der Waals surface area contributed by atoms with Gasteiger partial charge in [-0.1, -0.05) is 0 Å². The molecule has 8 N–H and O–H groups in total. The molecular formula is C14H25N3O12. The smallest absolute Gasteiger partial charge is 0.342 e. The van der Waals surface area contributed by atoms with Gasteiger partial charge in [0.15, 0.2) is 12.5 Å². The molecule has 0 unspecified atom stereocenters. The molecule has 2 aliphatic rings. The number of nitrogens with zero attached hydrogens (tertiary/aromatic N) is 2. The minimum atomic E-state index is -1.79. The van der Waals surface area contributed by atoms with Gasteiger partial charge in [0.2, 0.25) is 0 Å². The third kappa shape index (κ3) is 4.97. The standard InChI is InChI=1S/C14H25N3O12/c1-17(16-26)14(25)15-12-9(23)8(22)11(5(3-19)27-12)29-13-10(24)7(21)6(20)4(2-18)28-13/h4-13,18-24H,2-3H2,1H3,(H,15,25)/t4-,5-,6+,7+,8-,9-,10-,11-,12-,13+/m1/s1. The average Bonchev–Trinajstić information content (AvgIpc) is 2.72. The highest BCUT2D eigenvalue weighted by Gasteiger charge is 2.50. The summed E-state index contributed by atoms with van der Waals surface area (Å²) in [6.07, 6.45) is -16.1. The van der Waals surface area contributed by atoms with Gasteiger partial charge in [-0.15, -0.1) is 4.91 Å². The SMILES string of the molecule is CN(N=O)C(=O)N[C@@H]1O[C@H](CO)[C@@H](O[C@@H]2O[C@H](CO)[C@H](O)[C@H](O)[C@H]2O)[C@H](O)[C@H]1O. The highest BCUT2D eigenvalue weighted by atomic mass is 16.7. The zero-order valence-corrected chi connectivity index (χ0v) is 15.3. The molecule has 15 nitrogen and oxygen atoms in total. The van der Waals surface area contributed by atoms with Gasteiger partial charge >= 0.3 is 6.03 Å². The molecule has 29 heavy (non-hydrogen) atoms. The highest BCUT2D eigenvalue weighted by molar-refractivity contribution is 5.73. The summed E-state index contributed by atoms with van der Waals surface area (Å²) in [5.74, 6) is 0. The Labute approximate surface area is 164 Å². The Balaban J connectivity index is 2.11. The lowest BCUT2D eigenvalue weighted by Crippen LogP contribution is -2.67. The van der Waals surface area contributed by atoms with Crippen LogP contribution in [0.25, 0.3) is 0 Å². The first-order chi connectivity index (χ1) is 13.7. The van der Waals surface area contributed by atoms with E-state index >= 15 is 0 Å². The fourth-order valence-corrected chi connectivity index (χ4v) is 2.96. The van der Waals surface area contributed by atoms with Crippen LogP contribution in [0.2, 0.25) is 0 Å². The predicted octanol–water partition coefficient (Wildman–Crippen LogP) is -5.07. The molecule has 2 rings (SSSR count). The summed E-state index contributed by atoms with van der Waals surface area (Å²) >= 11 is 0. The Morgan fingerprint density at radius 1 is 0.966 bits per heavy atom. The summed E-state index contributed by atoms with van der Waals surface area (Å²) < 4.78 is 15.8. The third-order valence-corrected chi connectivity index (χ3v) is 4.69. The number of carbonyl (C=O) groups excluding carboxylic acids is 1. The zero-order valence-electron chi connectivity index (χ0n) is 15.3. The molecule has 2 amide bonds. The summed E-state index contributed by atoms with van der Waals surface area (Å²) in [7, 11) is 1.03. The fourth-order valence-electron chi connectivity index (χ4n) is 2.96. The first-order valence-corrected chi connectivity index (χ1v) is 8.62. The zero-order chi connectivity index (χ0) is 21.9. The minimum absolute atomic E-state index is 0.368. The number of rotatable bonds is 6. The Hall–Kier alpha value is -1.53. The van der Waals surface area contributed by atoms with E-state index in [0.29, 0.717) is 5.01 Å². The maximum Gasteiger partial charge on any atom is 0.342 e. The molecular weight excluding hydrogens is 402 g/mol. The minimum Gasteiger partial charge on any atom is -0.394 e. The highest BCUT2D eigenvalue weighted by Crippen LogP contribution is 2.28.